The molecule has 0 amide bonds. The average Bonchev–Trinajstić information content (AvgIpc) is 2.26. The summed E-state index contributed by atoms with van der Waals surface area (Å²) in [5, 5.41) is 3.06. The Hall–Kier alpha value is -1.13. The summed E-state index contributed by atoms with van der Waals surface area (Å²) in [5.41, 5.74) is 6.15. The van der Waals surface area contributed by atoms with Gasteiger partial charge in [-0.15, -0.1) is 0 Å². The Morgan fingerprint density at radius 1 is 1.44 bits per heavy atom. The van der Waals surface area contributed by atoms with Crippen LogP contribution in [0.2, 0.25) is 0 Å². The van der Waals surface area contributed by atoms with Gasteiger partial charge in [-0.05, 0) is 17.7 Å². The van der Waals surface area contributed by atoms with Crippen LogP contribution in [0.1, 0.15) is 19.4 Å². The van der Waals surface area contributed by atoms with Crippen LogP contribution in [0.5, 0.6) is 5.75 Å². The minimum atomic E-state index is -0.333. The molecule has 0 bridgehead atoms. The quantitative estimate of drug-likeness (QED) is 0.750. The number of hydrogen-bond donors (Lipinski definition) is 2. The standard InChI is InChI=1S/C12H19FN2O/c1-12(2,7-15-8-14)9-4-5-11(16-3)10(13)6-9/h4-6,15H,7-8,14H2,1-3H3. The number of methoxy groups -OCH3 is 1. The number of halogens is 1. The van der Waals surface area contributed by atoms with E-state index >= 15 is 0 Å². The molecule has 0 heterocycles. The molecule has 3 nitrogen and oxygen atoms in total. The minimum Gasteiger partial charge on any atom is -0.494 e. The van der Waals surface area contributed by atoms with Crippen molar-refractivity contribution in [2.45, 2.75) is 19.3 Å². The second-order valence-electron chi connectivity index (χ2n) is 4.36. The number of nitrogens with one attached hydrogen (secondary N) is 1. The molecular formula is C12H19FN2O. The molecule has 0 unspecified atom stereocenters. The SMILES string of the molecule is COc1ccc(C(C)(C)CNCN)cc1F. The summed E-state index contributed by atoms with van der Waals surface area (Å²) < 4.78 is 18.4. The van der Waals surface area contributed by atoms with Crippen LogP contribution in [0, 0.1) is 5.82 Å². The van der Waals surface area contributed by atoms with E-state index in [-0.39, 0.29) is 17.0 Å². The van der Waals surface area contributed by atoms with Gasteiger partial charge in [0.25, 0.3) is 0 Å². The van der Waals surface area contributed by atoms with Gasteiger partial charge in [-0.2, -0.15) is 0 Å². The van der Waals surface area contributed by atoms with Gasteiger partial charge in [0.2, 0.25) is 0 Å². The third-order valence-electron chi connectivity index (χ3n) is 2.64. The molecule has 0 aliphatic heterocycles. The van der Waals surface area contributed by atoms with E-state index in [1.165, 1.54) is 13.2 Å². The van der Waals surface area contributed by atoms with Crippen LogP contribution in [0.25, 0.3) is 0 Å². The Morgan fingerprint density at radius 2 is 2.12 bits per heavy atom. The lowest BCUT2D eigenvalue weighted by atomic mass is 9.84. The van der Waals surface area contributed by atoms with Crippen LogP contribution >= 0.6 is 0 Å². The predicted octanol–water partition coefficient (Wildman–Crippen LogP) is 1.62. The lowest BCUT2D eigenvalue weighted by molar-refractivity contribution is 0.384. The summed E-state index contributed by atoms with van der Waals surface area (Å²) in [5.74, 6) is -0.0628. The first-order chi connectivity index (χ1) is 7.51. The Labute approximate surface area is 95.8 Å². The Bertz CT molecular complexity index is 353. The van der Waals surface area contributed by atoms with Gasteiger partial charge in [0.05, 0.1) is 7.11 Å². The van der Waals surface area contributed by atoms with Crippen LogP contribution < -0.4 is 15.8 Å². The molecule has 0 atom stereocenters. The van der Waals surface area contributed by atoms with E-state index < -0.39 is 0 Å². The zero-order valence-electron chi connectivity index (χ0n) is 10.0. The molecule has 0 spiro atoms. The van der Waals surface area contributed by atoms with Crippen molar-refractivity contribution in [3.63, 3.8) is 0 Å². The van der Waals surface area contributed by atoms with Gasteiger partial charge >= 0.3 is 0 Å². The molecule has 1 aromatic rings. The highest BCUT2D eigenvalue weighted by Gasteiger charge is 2.21. The van der Waals surface area contributed by atoms with Crippen LogP contribution in [-0.2, 0) is 5.41 Å². The van der Waals surface area contributed by atoms with Crippen LogP contribution in [0.4, 0.5) is 4.39 Å². The fourth-order valence-corrected chi connectivity index (χ4v) is 1.57. The van der Waals surface area contributed by atoms with E-state index in [4.69, 9.17) is 10.5 Å². The number of rotatable bonds is 5. The molecule has 0 aliphatic rings. The predicted molar refractivity (Wildman–Crippen MR) is 63.0 cm³/mol. The van der Waals surface area contributed by atoms with Crippen molar-refractivity contribution in [3.05, 3.63) is 29.6 Å². The fourth-order valence-electron chi connectivity index (χ4n) is 1.57. The zero-order chi connectivity index (χ0) is 12.2. The molecule has 0 saturated heterocycles. The van der Waals surface area contributed by atoms with E-state index in [2.05, 4.69) is 5.32 Å². The molecule has 1 aromatic carbocycles. The summed E-state index contributed by atoms with van der Waals surface area (Å²) in [6.07, 6.45) is 0. The van der Waals surface area contributed by atoms with E-state index in [0.29, 0.717) is 13.2 Å². The third kappa shape index (κ3) is 2.93. The van der Waals surface area contributed by atoms with Gasteiger partial charge in [-0.25, -0.2) is 4.39 Å². The van der Waals surface area contributed by atoms with Gasteiger partial charge < -0.3 is 15.8 Å². The highest BCUT2D eigenvalue weighted by Crippen LogP contribution is 2.26. The molecule has 16 heavy (non-hydrogen) atoms. The molecule has 4 heteroatoms. The Balaban J connectivity index is 2.91. The summed E-state index contributed by atoms with van der Waals surface area (Å²) in [4.78, 5) is 0. The maximum atomic E-state index is 13.5. The minimum absolute atomic E-state index is 0.160. The first-order valence-corrected chi connectivity index (χ1v) is 5.26. The normalized spacial score (nSPS) is 11.6. The fraction of sp³-hybridized carbons (Fsp3) is 0.500. The summed E-state index contributed by atoms with van der Waals surface area (Å²) in [6.45, 7) is 5.20. The number of nitrogens with two attached hydrogens (primary N) is 1. The molecule has 1 rings (SSSR count). The second kappa shape index (κ2) is 5.27. The van der Waals surface area contributed by atoms with E-state index in [1.807, 2.05) is 19.9 Å². The number of hydrogen-bond acceptors (Lipinski definition) is 3. The van der Waals surface area contributed by atoms with Gasteiger partial charge in [0.15, 0.2) is 11.6 Å². The van der Waals surface area contributed by atoms with Crippen LogP contribution in [0.15, 0.2) is 18.2 Å². The molecule has 0 aromatic heterocycles. The van der Waals surface area contributed by atoms with Gasteiger partial charge in [0.1, 0.15) is 0 Å². The van der Waals surface area contributed by atoms with Gasteiger partial charge in [0, 0.05) is 18.6 Å². The Kier molecular flexibility index (Phi) is 4.26. The zero-order valence-corrected chi connectivity index (χ0v) is 10.0. The van der Waals surface area contributed by atoms with Crippen LogP contribution in [0.3, 0.4) is 0 Å². The van der Waals surface area contributed by atoms with Crippen molar-refractivity contribution in [2.24, 2.45) is 5.73 Å². The first-order valence-electron chi connectivity index (χ1n) is 5.26. The summed E-state index contributed by atoms with van der Waals surface area (Å²) in [7, 11) is 1.46. The molecule has 0 saturated carbocycles. The van der Waals surface area contributed by atoms with Gasteiger partial charge in [-0.1, -0.05) is 19.9 Å². The van der Waals surface area contributed by atoms with Crippen molar-refractivity contribution >= 4 is 0 Å². The maximum absolute atomic E-state index is 13.5. The largest absolute Gasteiger partial charge is 0.494 e. The monoisotopic (exact) mass is 226 g/mol. The topological polar surface area (TPSA) is 47.3 Å². The third-order valence-corrected chi connectivity index (χ3v) is 2.64. The second-order valence-corrected chi connectivity index (χ2v) is 4.36. The first kappa shape index (κ1) is 12.9. The molecule has 90 valence electrons. The lowest BCUT2D eigenvalue weighted by Gasteiger charge is -2.25. The smallest absolute Gasteiger partial charge is 0.165 e. The molecule has 0 aliphatic carbocycles. The highest BCUT2D eigenvalue weighted by molar-refractivity contribution is 5.33. The van der Waals surface area contributed by atoms with E-state index in [0.717, 1.165) is 5.56 Å². The maximum Gasteiger partial charge on any atom is 0.165 e. The van der Waals surface area contributed by atoms with E-state index in [9.17, 15) is 4.39 Å². The molecule has 0 fully saturated rings. The molecular weight excluding hydrogens is 207 g/mol. The van der Waals surface area contributed by atoms with E-state index in [1.54, 1.807) is 6.07 Å². The van der Waals surface area contributed by atoms with Crippen LogP contribution in [-0.4, -0.2) is 20.3 Å². The van der Waals surface area contributed by atoms with Crippen molar-refractivity contribution in [3.8, 4) is 5.75 Å². The van der Waals surface area contributed by atoms with Crippen molar-refractivity contribution < 1.29 is 9.13 Å². The summed E-state index contributed by atoms with van der Waals surface area (Å²) >= 11 is 0. The number of benzene rings is 1. The van der Waals surface area contributed by atoms with Gasteiger partial charge in [-0.3, -0.25) is 0 Å². The molecule has 3 N–H and O–H groups in total. The van der Waals surface area contributed by atoms with Crippen molar-refractivity contribution in [1.82, 2.24) is 5.32 Å². The Morgan fingerprint density at radius 3 is 2.62 bits per heavy atom. The number of ether oxygens (including phenoxy) is 1. The van der Waals surface area contributed by atoms with Crippen molar-refractivity contribution in [2.75, 3.05) is 20.3 Å². The summed E-state index contributed by atoms with van der Waals surface area (Å²) in [6, 6.07) is 5.03. The lowest BCUT2D eigenvalue weighted by Crippen LogP contribution is -2.36. The van der Waals surface area contributed by atoms with Crippen molar-refractivity contribution in [1.29, 1.82) is 0 Å². The molecule has 0 radical (unpaired) electrons. The highest BCUT2D eigenvalue weighted by atomic mass is 19.1. The average molecular weight is 226 g/mol.